The zero-order chi connectivity index (χ0) is 11.9. The summed E-state index contributed by atoms with van der Waals surface area (Å²) >= 11 is 0. The molecular formula is C8H5F3N4O. The Balaban J connectivity index is 2.84. The third kappa shape index (κ3) is 1.47. The van der Waals surface area contributed by atoms with Crippen LogP contribution in [0.2, 0.25) is 0 Å². The summed E-state index contributed by atoms with van der Waals surface area (Å²) in [7, 11) is 0. The van der Waals surface area contributed by atoms with Gasteiger partial charge in [-0.05, 0) is 6.07 Å². The number of hydrogen-bond acceptors (Lipinski definition) is 3. The number of fused-ring (bicyclic) bond motifs is 1. The van der Waals surface area contributed by atoms with Crippen molar-refractivity contribution < 1.29 is 18.0 Å². The van der Waals surface area contributed by atoms with Crippen LogP contribution in [0.5, 0.6) is 0 Å². The molecule has 0 spiro atoms. The molecule has 2 rings (SSSR count). The Hall–Kier alpha value is -2.12. The molecule has 16 heavy (non-hydrogen) atoms. The molecule has 8 heteroatoms. The Morgan fingerprint density at radius 2 is 2.12 bits per heavy atom. The molecule has 2 N–H and O–H groups in total. The van der Waals surface area contributed by atoms with Crippen molar-refractivity contribution in [3.05, 3.63) is 29.7 Å². The minimum Gasteiger partial charge on any atom is -0.365 e. The normalized spacial score (nSPS) is 11.9. The highest BCUT2D eigenvalue weighted by atomic mass is 19.4. The fourth-order valence-corrected chi connectivity index (χ4v) is 1.31. The van der Waals surface area contributed by atoms with Crippen molar-refractivity contribution in [2.45, 2.75) is 6.18 Å². The number of carbonyl (C=O) groups is 1. The lowest BCUT2D eigenvalue weighted by Gasteiger charge is -2.02. The Kier molecular flexibility index (Phi) is 2.07. The van der Waals surface area contributed by atoms with Gasteiger partial charge in [0.2, 0.25) is 0 Å². The van der Waals surface area contributed by atoms with Crippen LogP contribution in [-0.4, -0.2) is 20.5 Å². The molecule has 0 radical (unpaired) electrons. The largest absolute Gasteiger partial charge is 0.436 e. The Labute approximate surface area is 86.7 Å². The third-order valence-corrected chi connectivity index (χ3v) is 1.91. The summed E-state index contributed by atoms with van der Waals surface area (Å²) in [6.45, 7) is 0. The molecule has 0 aliphatic carbocycles. The van der Waals surface area contributed by atoms with Crippen LogP contribution in [0.1, 0.15) is 16.1 Å². The van der Waals surface area contributed by atoms with Gasteiger partial charge >= 0.3 is 6.18 Å². The predicted octanol–water partition coefficient (Wildman–Crippen LogP) is 0.847. The first-order valence-corrected chi connectivity index (χ1v) is 4.11. The SMILES string of the molecule is NC(=O)c1c(C(F)(F)F)nn2cccnc12. The van der Waals surface area contributed by atoms with Gasteiger partial charge in [-0.15, -0.1) is 0 Å². The van der Waals surface area contributed by atoms with E-state index < -0.39 is 23.3 Å². The summed E-state index contributed by atoms with van der Waals surface area (Å²) in [5, 5.41) is 3.23. The van der Waals surface area contributed by atoms with Crippen LogP contribution in [0.4, 0.5) is 13.2 Å². The van der Waals surface area contributed by atoms with E-state index in [9.17, 15) is 18.0 Å². The van der Waals surface area contributed by atoms with Gasteiger partial charge in [0.15, 0.2) is 11.3 Å². The van der Waals surface area contributed by atoms with Gasteiger partial charge in [-0.1, -0.05) is 0 Å². The van der Waals surface area contributed by atoms with Gasteiger partial charge in [-0.3, -0.25) is 4.79 Å². The van der Waals surface area contributed by atoms with E-state index >= 15 is 0 Å². The van der Waals surface area contributed by atoms with Gasteiger partial charge in [0, 0.05) is 12.4 Å². The second-order valence-electron chi connectivity index (χ2n) is 2.97. The molecule has 0 aliphatic heterocycles. The van der Waals surface area contributed by atoms with Crippen molar-refractivity contribution in [2.75, 3.05) is 0 Å². The van der Waals surface area contributed by atoms with Gasteiger partial charge < -0.3 is 5.73 Å². The van der Waals surface area contributed by atoms with Crippen molar-refractivity contribution >= 4 is 11.6 Å². The summed E-state index contributed by atoms with van der Waals surface area (Å²) < 4.78 is 38.5. The number of nitrogens with two attached hydrogens (primary N) is 1. The van der Waals surface area contributed by atoms with Crippen LogP contribution in [0, 0.1) is 0 Å². The molecule has 0 atom stereocenters. The van der Waals surface area contributed by atoms with Crippen LogP contribution < -0.4 is 5.73 Å². The number of carbonyl (C=O) groups excluding carboxylic acids is 1. The van der Waals surface area contributed by atoms with Crippen molar-refractivity contribution in [1.29, 1.82) is 0 Å². The average Bonchev–Trinajstić information content (AvgIpc) is 2.55. The second-order valence-corrected chi connectivity index (χ2v) is 2.97. The van der Waals surface area contributed by atoms with Crippen molar-refractivity contribution in [2.24, 2.45) is 5.73 Å². The molecule has 0 aromatic carbocycles. The average molecular weight is 230 g/mol. The van der Waals surface area contributed by atoms with E-state index in [-0.39, 0.29) is 5.65 Å². The summed E-state index contributed by atoms with van der Waals surface area (Å²) in [5.41, 5.74) is 2.65. The monoisotopic (exact) mass is 230 g/mol. The molecule has 0 bridgehead atoms. The number of halogens is 3. The molecule has 0 fully saturated rings. The third-order valence-electron chi connectivity index (χ3n) is 1.91. The summed E-state index contributed by atoms with van der Waals surface area (Å²) in [4.78, 5) is 14.6. The van der Waals surface area contributed by atoms with Gasteiger partial charge in [0.05, 0.1) is 0 Å². The van der Waals surface area contributed by atoms with E-state index in [2.05, 4.69) is 10.1 Å². The fourth-order valence-electron chi connectivity index (χ4n) is 1.31. The van der Waals surface area contributed by atoms with E-state index in [0.29, 0.717) is 0 Å². The lowest BCUT2D eigenvalue weighted by Crippen LogP contribution is -2.18. The molecule has 0 saturated carbocycles. The molecule has 0 saturated heterocycles. The highest BCUT2D eigenvalue weighted by Gasteiger charge is 2.40. The van der Waals surface area contributed by atoms with E-state index in [4.69, 9.17) is 5.73 Å². The minimum atomic E-state index is -4.74. The molecule has 0 aliphatic rings. The zero-order valence-electron chi connectivity index (χ0n) is 7.69. The van der Waals surface area contributed by atoms with Crippen LogP contribution in [0.25, 0.3) is 5.65 Å². The summed E-state index contributed by atoms with van der Waals surface area (Å²) in [6, 6.07) is 1.39. The zero-order valence-corrected chi connectivity index (χ0v) is 7.69. The number of aromatic nitrogens is 3. The highest BCUT2D eigenvalue weighted by Crippen LogP contribution is 2.31. The number of amides is 1. The maximum Gasteiger partial charge on any atom is 0.436 e. The fraction of sp³-hybridized carbons (Fsp3) is 0.125. The Morgan fingerprint density at radius 1 is 1.44 bits per heavy atom. The van der Waals surface area contributed by atoms with Crippen LogP contribution in [0.15, 0.2) is 18.5 Å². The standard InChI is InChI=1S/C8H5F3N4O/c9-8(10,11)5-4(6(12)16)7-13-2-1-3-15(7)14-5/h1-3H,(H2,12,16). The van der Waals surface area contributed by atoms with Crippen LogP contribution in [0.3, 0.4) is 0 Å². The maximum atomic E-state index is 12.5. The molecule has 1 amide bonds. The predicted molar refractivity (Wildman–Crippen MR) is 46.5 cm³/mol. The molecule has 84 valence electrons. The molecule has 5 nitrogen and oxygen atoms in total. The van der Waals surface area contributed by atoms with E-state index in [1.165, 1.54) is 18.5 Å². The van der Waals surface area contributed by atoms with Crippen molar-refractivity contribution in [3.63, 3.8) is 0 Å². The van der Waals surface area contributed by atoms with Gasteiger partial charge in [-0.2, -0.15) is 18.3 Å². The van der Waals surface area contributed by atoms with E-state index in [1.54, 1.807) is 0 Å². The first-order valence-electron chi connectivity index (χ1n) is 4.11. The number of nitrogens with zero attached hydrogens (tertiary/aromatic N) is 3. The molecule has 2 aromatic heterocycles. The van der Waals surface area contributed by atoms with Crippen molar-refractivity contribution in [3.8, 4) is 0 Å². The number of hydrogen-bond donors (Lipinski definition) is 1. The topological polar surface area (TPSA) is 73.3 Å². The van der Waals surface area contributed by atoms with E-state index in [0.717, 1.165) is 4.52 Å². The molecule has 2 aromatic rings. The highest BCUT2D eigenvalue weighted by molar-refractivity contribution is 6.00. The lowest BCUT2D eigenvalue weighted by molar-refractivity contribution is -0.141. The number of primary amides is 1. The minimum absolute atomic E-state index is 0.206. The van der Waals surface area contributed by atoms with Gasteiger partial charge in [0.25, 0.3) is 5.91 Å². The second kappa shape index (κ2) is 3.19. The molecule has 2 heterocycles. The molecule has 0 unspecified atom stereocenters. The smallest absolute Gasteiger partial charge is 0.365 e. The molecular weight excluding hydrogens is 225 g/mol. The Morgan fingerprint density at radius 3 is 2.69 bits per heavy atom. The first-order chi connectivity index (χ1) is 7.41. The Bertz CT molecular complexity index is 560. The first kappa shape index (κ1) is 10.4. The summed E-state index contributed by atoms with van der Waals surface area (Å²) in [5.74, 6) is -1.21. The number of alkyl halides is 3. The lowest BCUT2D eigenvalue weighted by atomic mass is 10.2. The van der Waals surface area contributed by atoms with E-state index in [1.807, 2.05) is 0 Å². The maximum absolute atomic E-state index is 12.5. The van der Waals surface area contributed by atoms with Crippen LogP contribution >= 0.6 is 0 Å². The summed E-state index contributed by atoms with van der Waals surface area (Å²) in [6.07, 6.45) is -2.23. The number of rotatable bonds is 1. The van der Waals surface area contributed by atoms with Gasteiger partial charge in [-0.25, -0.2) is 9.50 Å². The quantitative estimate of drug-likeness (QED) is 0.789. The van der Waals surface area contributed by atoms with Crippen molar-refractivity contribution in [1.82, 2.24) is 14.6 Å². The van der Waals surface area contributed by atoms with Crippen LogP contribution in [-0.2, 0) is 6.18 Å². The van der Waals surface area contributed by atoms with Gasteiger partial charge in [0.1, 0.15) is 5.56 Å².